The third kappa shape index (κ3) is 7.35. The third-order valence-electron chi connectivity index (χ3n) is 3.44. The number of aliphatic imine (C=N–C) groups is 1. The van der Waals surface area contributed by atoms with Crippen LogP contribution in [-0.4, -0.2) is 37.0 Å². The van der Waals surface area contributed by atoms with Crippen LogP contribution in [0.5, 0.6) is 0 Å². The number of pyridine rings is 1. The van der Waals surface area contributed by atoms with Crippen molar-refractivity contribution in [2.24, 2.45) is 4.99 Å². The molecule has 0 radical (unpaired) electrons. The summed E-state index contributed by atoms with van der Waals surface area (Å²) in [6, 6.07) is 11.0. The van der Waals surface area contributed by atoms with Gasteiger partial charge in [0.2, 0.25) is 0 Å². The molecule has 1 aromatic carbocycles. The molecule has 0 saturated carbocycles. The molecule has 0 aliphatic heterocycles. The second-order valence-electron chi connectivity index (χ2n) is 5.76. The van der Waals surface area contributed by atoms with Gasteiger partial charge in [-0.15, -0.1) is 24.0 Å². The molecule has 2 N–H and O–H groups in total. The number of rotatable bonds is 6. The van der Waals surface area contributed by atoms with Gasteiger partial charge in [-0.2, -0.15) is 0 Å². The minimum atomic E-state index is -0.176. The molecule has 136 valence electrons. The summed E-state index contributed by atoms with van der Waals surface area (Å²) in [7, 11) is 5.57. The summed E-state index contributed by atoms with van der Waals surface area (Å²) in [4.78, 5) is 10.4. The summed E-state index contributed by atoms with van der Waals surface area (Å²) in [6.07, 6.45) is 1.76. The van der Waals surface area contributed by atoms with Crippen LogP contribution in [0.2, 0.25) is 0 Å². The standard InChI is InChI=1S/C18H24FN5.HI/c1-20-18(23-12-16-6-4-5-9-21-16)22-11-14-7-8-17(19)15(10-14)13-24(2)3;/h4-10H,11-13H2,1-3H3,(H2,20,22,23);1H. The van der Waals surface area contributed by atoms with Crippen molar-refractivity contribution < 1.29 is 4.39 Å². The highest BCUT2D eigenvalue weighted by Crippen LogP contribution is 2.12. The zero-order valence-electron chi connectivity index (χ0n) is 14.8. The van der Waals surface area contributed by atoms with E-state index in [1.54, 1.807) is 19.3 Å². The Bertz CT molecular complexity index is 676. The first-order chi connectivity index (χ1) is 11.6. The van der Waals surface area contributed by atoms with E-state index < -0.39 is 0 Å². The van der Waals surface area contributed by atoms with Gasteiger partial charge in [0.25, 0.3) is 0 Å². The van der Waals surface area contributed by atoms with E-state index in [0.717, 1.165) is 11.3 Å². The molecule has 1 aromatic heterocycles. The Morgan fingerprint density at radius 2 is 1.92 bits per heavy atom. The molecule has 2 rings (SSSR count). The Labute approximate surface area is 165 Å². The number of nitrogens with zero attached hydrogens (tertiary/aromatic N) is 3. The molecule has 7 heteroatoms. The molecule has 0 aliphatic rings. The van der Waals surface area contributed by atoms with Crippen LogP contribution in [0.25, 0.3) is 0 Å². The highest BCUT2D eigenvalue weighted by Gasteiger charge is 2.06. The van der Waals surface area contributed by atoms with Crippen LogP contribution in [0.3, 0.4) is 0 Å². The molecule has 1 heterocycles. The minimum absolute atomic E-state index is 0. The molecule has 0 amide bonds. The number of aromatic nitrogens is 1. The van der Waals surface area contributed by atoms with Gasteiger partial charge in [0.15, 0.2) is 5.96 Å². The Morgan fingerprint density at radius 3 is 2.56 bits per heavy atom. The number of hydrogen-bond donors (Lipinski definition) is 2. The van der Waals surface area contributed by atoms with Gasteiger partial charge in [-0.3, -0.25) is 9.98 Å². The summed E-state index contributed by atoms with van der Waals surface area (Å²) >= 11 is 0. The molecule has 0 fully saturated rings. The number of halogens is 2. The number of nitrogens with one attached hydrogen (secondary N) is 2. The van der Waals surface area contributed by atoms with Gasteiger partial charge < -0.3 is 15.5 Å². The molecule has 0 saturated heterocycles. The highest BCUT2D eigenvalue weighted by molar-refractivity contribution is 14.0. The molecular formula is C18H25FIN5. The van der Waals surface area contributed by atoms with E-state index in [2.05, 4.69) is 20.6 Å². The predicted molar refractivity (Wildman–Crippen MR) is 110 cm³/mol. The Hall–Kier alpha value is -1.74. The van der Waals surface area contributed by atoms with E-state index in [-0.39, 0.29) is 29.8 Å². The smallest absolute Gasteiger partial charge is 0.191 e. The monoisotopic (exact) mass is 457 g/mol. The second kappa shape index (κ2) is 11.0. The SMILES string of the molecule is CN=C(NCc1ccc(F)c(CN(C)C)c1)NCc1ccccn1.I. The molecule has 0 aliphatic carbocycles. The van der Waals surface area contributed by atoms with Gasteiger partial charge in [0, 0.05) is 31.9 Å². The van der Waals surface area contributed by atoms with Crippen LogP contribution in [-0.2, 0) is 19.6 Å². The van der Waals surface area contributed by atoms with Crippen LogP contribution in [0, 0.1) is 5.82 Å². The normalized spacial score (nSPS) is 11.2. The summed E-state index contributed by atoms with van der Waals surface area (Å²) < 4.78 is 13.8. The molecule has 25 heavy (non-hydrogen) atoms. The zero-order valence-corrected chi connectivity index (χ0v) is 17.1. The highest BCUT2D eigenvalue weighted by atomic mass is 127. The Morgan fingerprint density at radius 1 is 1.16 bits per heavy atom. The lowest BCUT2D eigenvalue weighted by molar-refractivity contribution is 0.392. The Balaban J connectivity index is 0.00000312. The van der Waals surface area contributed by atoms with E-state index >= 15 is 0 Å². The maximum Gasteiger partial charge on any atom is 0.191 e. The average molecular weight is 457 g/mol. The van der Waals surface area contributed by atoms with Crippen molar-refractivity contribution in [2.75, 3.05) is 21.1 Å². The molecule has 5 nitrogen and oxygen atoms in total. The fourth-order valence-corrected chi connectivity index (χ4v) is 2.28. The fourth-order valence-electron chi connectivity index (χ4n) is 2.28. The fraction of sp³-hybridized carbons (Fsp3) is 0.333. The van der Waals surface area contributed by atoms with E-state index in [0.29, 0.717) is 31.2 Å². The van der Waals surface area contributed by atoms with Crippen LogP contribution in [0.4, 0.5) is 4.39 Å². The minimum Gasteiger partial charge on any atom is -0.352 e. The van der Waals surface area contributed by atoms with Crippen molar-refractivity contribution in [2.45, 2.75) is 19.6 Å². The van der Waals surface area contributed by atoms with E-state index in [4.69, 9.17) is 0 Å². The maximum absolute atomic E-state index is 13.8. The van der Waals surface area contributed by atoms with Crippen molar-refractivity contribution in [1.29, 1.82) is 0 Å². The first-order valence-corrected chi connectivity index (χ1v) is 7.85. The van der Waals surface area contributed by atoms with Crippen LogP contribution >= 0.6 is 24.0 Å². The van der Waals surface area contributed by atoms with Gasteiger partial charge in [-0.25, -0.2) is 4.39 Å². The Kier molecular flexibility index (Phi) is 9.36. The molecule has 0 bridgehead atoms. The van der Waals surface area contributed by atoms with Gasteiger partial charge in [0.1, 0.15) is 5.82 Å². The van der Waals surface area contributed by atoms with Crippen molar-refractivity contribution in [3.63, 3.8) is 0 Å². The molecule has 0 spiro atoms. The molecule has 2 aromatic rings. The first kappa shape index (κ1) is 21.3. The largest absolute Gasteiger partial charge is 0.352 e. The quantitative estimate of drug-likeness (QED) is 0.398. The molecule has 0 atom stereocenters. The lowest BCUT2D eigenvalue weighted by Gasteiger charge is -2.14. The van der Waals surface area contributed by atoms with Gasteiger partial charge >= 0.3 is 0 Å². The summed E-state index contributed by atoms with van der Waals surface area (Å²) in [5.41, 5.74) is 2.64. The van der Waals surface area contributed by atoms with E-state index in [1.807, 2.05) is 43.3 Å². The van der Waals surface area contributed by atoms with Crippen molar-refractivity contribution in [3.8, 4) is 0 Å². The van der Waals surface area contributed by atoms with Crippen LogP contribution < -0.4 is 10.6 Å². The van der Waals surface area contributed by atoms with Crippen molar-refractivity contribution in [3.05, 3.63) is 65.2 Å². The summed E-state index contributed by atoms with van der Waals surface area (Å²) in [5, 5.41) is 6.44. The lowest BCUT2D eigenvalue weighted by atomic mass is 10.1. The number of guanidine groups is 1. The molecule has 0 unspecified atom stereocenters. The molecular weight excluding hydrogens is 432 g/mol. The first-order valence-electron chi connectivity index (χ1n) is 7.85. The maximum atomic E-state index is 13.8. The summed E-state index contributed by atoms with van der Waals surface area (Å²) in [6.45, 7) is 1.74. The lowest BCUT2D eigenvalue weighted by Crippen LogP contribution is -2.36. The zero-order chi connectivity index (χ0) is 17.4. The van der Waals surface area contributed by atoms with Crippen molar-refractivity contribution >= 4 is 29.9 Å². The van der Waals surface area contributed by atoms with Gasteiger partial charge in [0.05, 0.1) is 12.2 Å². The van der Waals surface area contributed by atoms with E-state index in [1.165, 1.54) is 6.07 Å². The average Bonchev–Trinajstić information content (AvgIpc) is 2.58. The number of hydrogen-bond acceptors (Lipinski definition) is 3. The van der Waals surface area contributed by atoms with E-state index in [9.17, 15) is 4.39 Å². The second-order valence-corrected chi connectivity index (χ2v) is 5.76. The third-order valence-corrected chi connectivity index (χ3v) is 3.44. The number of benzene rings is 1. The topological polar surface area (TPSA) is 52.6 Å². The van der Waals surface area contributed by atoms with Crippen molar-refractivity contribution in [1.82, 2.24) is 20.5 Å². The summed E-state index contributed by atoms with van der Waals surface area (Å²) in [5.74, 6) is 0.504. The van der Waals surface area contributed by atoms with Crippen LogP contribution in [0.15, 0.2) is 47.6 Å². The predicted octanol–water partition coefficient (Wildman–Crippen LogP) is 2.77. The van der Waals surface area contributed by atoms with Gasteiger partial charge in [-0.1, -0.05) is 12.1 Å². The van der Waals surface area contributed by atoms with Crippen LogP contribution in [0.1, 0.15) is 16.8 Å². The van der Waals surface area contributed by atoms with Gasteiger partial charge in [-0.05, 0) is 43.9 Å².